The van der Waals surface area contributed by atoms with Crippen LogP contribution in [0.25, 0.3) is 0 Å². The van der Waals surface area contributed by atoms with Crippen LogP contribution in [0.2, 0.25) is 0 Å². The normalized spacial score (nSPS) is 11.3. The van der Waals surface area contributed by atoms with E-state index in [1.54, 1.807) is 6.92 Å². The Bertz CT molecular complexity index is 535. The van der Waals surface area contributed by atoms with Gasteiger partial charge in [-0.2, -0.15) is 5.10 Å². The van der Waals surface area contributed by atoms with Crippen LogP contribution in [0.5, 0.6) is 0 Å². The lowest BCUT2D eigenvalue weighted by molar-refractivity contribution is -0.125. The molecular weight excluding hydrogens is 272 g/mol. The summed E-state index contributed by atoms with van der Waals surface area (Å²) in [5.41, 5.74) is 6.55. The fourth-order valence-electron chi connectivity index (χ4n) is 1.74. The van der Waals surface area contributed by atoms with Crippen LogP contribution in [-0.2, 0) is 16.1 Å². The van der Waals surface area contributed by atoms with Gasteiger partial charge in [-0.25, -0.2) is 4.79 Å². The van der Waals surface area contributed by atoms with E-state index < -0.39 is 5.97 Å². The van der Waals surface area contributed by atoms with Crippen LogP contribution < -0.4 is 11.1 Å². The number of ether oxygens (including phenoxy) is 1. The summed E-state index contributed by atoms with van der Waals surface area (Å²) >= 11 is 0. The van der Waals surface area contributed by atoms with Gasteiger partial charge in [0, 0.05) is 12.1 Å². The minimum absolute atomic E-state index is 0.192. The number of aryl methyl sites for hydroxylation is 2. The van der Waals surface area contributed by atoms with E-state index >= 15 is 0 Å². The van der Waals surface area contributed by atoms with Crippen LogP contribution in [-0.4, -0.2) is 33.8 Å². The zero-order chi connectivity index (χ0) is 16.2. The highest BCUT2D eigenvalue weighted by Crippen LogP contribution is 2.17. The van der Waals surface area contributed by atoms with Crippen molar-refractivity contribution in [3.05, 3.63) is 11.4 Å². The van der Waals surface area contributed by atoms with Crippen LogP contribution in [0, 0.1) is 6.92 Å². The summed E-state index contributed by atoms with van der Waals surface area (Å²) in [5.74, 6) is -0.979. The molecule has 1 rings (SSSR count). The number of carbonyl (C=O) groups is 2. The van der Waals surface area contributed by atoms with Gasteiger partial charge in [-0.3, -0.25) is 9.48 Å². The van der Waals surface area contributed by atoms with Gasteiger partial charge in [0.2, 0.25) is 0 Å². The Labute approximate surface area is 124 Å². The Kier molecular flexibility index (Phi) is 5.34. The lowest BCUT2D eigenvalue weighted by Crippen LogP contribution is -2.44. The summed E-state index contributed by atoms with van der Waals surface area (Å²) in [6.07, 6.45) is 0.779. The third-order valence-electron chi connectivity index (χ3n) is 3.36. The first-order valence-electron chi connectivity index (χ1n) is 7.02. The van der Waals surface area contributed by atoms with Gasteiger partial charge in [0.25, 0.3) is 5.91 Å². The summed E-state index contributed by atoms with van der Waals surface area (Å²) in [6.45, 7) is 9.50. The van der Waals surface area contributed by atoms with Crippen molar-refractivity contribution in [3.63, 3.8) is 0 Å². The van der Waals surface area contributed by atoms with Gasteiger partial charge in [-0.15, -0.1) is 0 Å². The van der Waals surface area contributed by atoms with Crippen LogP contribution in [0.3, 0.4) is 0 Å². The summed E-state index contributed by atoms with van der Waals surface area (Å²) in [5, 5.41) is 6.93. The molecule has 0 unspecified atom stereocenters. The van der Waals surface area contributed by atoms with Crippen molar-refractivity contribution in [1.29, 1.82) is 0 Å². The number of aromatic nitrogens is 2. The molecule has 0 bridgehead atoms. The Morgan fingerprint density at radius 3 is 2.52 bits per heavy atom. The van der Waals surface area contributed by atoms with E-state index in [1.807, 2.05) is 27.7 Å². The van der Waals surface area contributed by atoms with Gasteiger partial charge < -0.3 is 15.8 Å². The van der Waals surface area contributed by atoms with Crippen molar-refractivity contribution in [2.24, 2.45) is 0 Å². The molecule has 1 aromatic heterocycles. The van der Waals surface area contributed by atoms with E-state index in [9.17, 15) is 9.59 Å². The molecule has 7 nitrogen and oxygen atoms in total. The third kappa shape index (κ3) is 4.21. The molecule has 0 aliphatic carbocycles. The van der Waals surface area contributed by atoms with Crippen molar-refractivity contribution in [2.75, 3.05) is 12.3 Å². The second-order valence-electron chi connectivity index (χ2n) is 5.53. The van der Waals surface area contributed by atoms with Crippen molar-refractivity contribution in [2.45, 2.75) is 53.1 Å². The number of esters is 1. The number of nitrogen functional groups attached to an aromatic ring is 1. The summed E-state index contributed by atoms with van der Waals surface area (Å²) in [6, 6.07) is 0. The Balaban J connectivity index is 2.69. The van der Waals surface area contributed by atoms with E-state index in [1.165, 1.54) is 4.68 Å². The number of amides is 1. The number of carbonyl (C=O) groups excluding carboxylic acids is 2. The second kappa shape index (κ2) is 6.60. The topological polar surface area (TPSA) is 99.2 Å². The van der Waals surface area contributed by atoms with E-state index in [-0.39, 0.29) is 29.4 Å². The van der Waals surface area contributed by atoms with Crippen molar-refractivity contribution < 1.29 is 14.3 Å². The molecule has 0 radical (unpaired) electrons. The van der Waals surface area contributed by atoms with Crippen molar-refractivity contribution >= 4 is 17.6 Å². The maximum atomic E-state index is 12.1. The van der Waals surface area contributed by atoms with Crippen molar-refractivity contribution in [3.8, 4) is 0 Å². The summed E-state index contributed by atoms with van der Waals surface area (Å²) in [4.78, 5) is 23.8. The van der Waals surface area contributed by atoms with Crippen LogP contribution >= 0.6 is 0 Å². The minimum atomic E-state index is -0.639. The number of nitrogens with zero attached hydrogens (tertiary/aromatic N) is 2. The van der Waals surface area contributed by atoms with Crippen LogP contribution in [0.4, 0.5) is 5.69 Å². The lowest BCUT2D eigenvalue weighted by Gasteiger charge is -2.24. The number of nitrogens with one attached hydrogen (secondary N) is 1. The van der Waals surface area contributed by atoms with E-state index in [4.69, 9.17) is 10.5 Å². The summed E-state index contributed by atoms with van der Waals surface area (Å²) in [7, 11) is 0. The van der Waals surface area contributed by atoms with E-state index in [0.717, 1.165) is 6.42 Å². The average molecular weight is 296 g/mol. The Morgan fingerprint density at radius 1 is 1.38 bits per heavy atom. The van der Waals surface area contributed by atoms with Gasteiger partial charge in [0.1, 0.15) is 0 Å². The second-order valence-corrected chi connectivity index (χ2v) is 5.53. The first-order chi connectivity index (χ1) is 9.71. The molecular formula is C14H24N4O3. The molecule has 1 amide bonds. The molecule has 7 heteroatoms. The fraction of sp³-hybridized carbons (Fsp3) is 0.643. The maximum absolute atomic E-state index is 12.1. The molecule has 0 aromatic carbocycles. The molecule has 0 saturated carbocycles. The SMILES string of the molecule is CCn1nc(C)c(N)c1C(=O)OCC(=O)NC(C)(C)CC. The predicted octanol–water partition coefficient (Wildman–Crippen LogP) is 1.26. The van der Waals surface area contributed by atoms with Gasteiger partial charge in [0.05, 0.1) is 11.4 Å². The summed E-state index contributed by atoms with van der Waals surface area (Å²) < 4.78 is 6.50. The van der Waals surface area contributed by atoms with Crippen LogP contribution in [0.1, 0.15) is 50.3 Å². The van der Waals surface area contributed by atoms with Gasteiger partial charge in [0.15, 0.2) is 12.3 Å². The zero-order valence-electron chi connectivity index (χ0n) is 13.3. The highest BCUT2D eigenvalue weighted by atomic mass is 16.5. The molecule has 3 N–H and O–H groups in total. The monoisotopic (exact) mass is 296 g/mol. The Hall–Kier alpha value is -2.05. The zero-order valence-corrected chi connectivity index (χ0v) is 13.3. The average Bonchev–Trinajstić information content (AvgIpc) is 2.71. The number of hydrogen-bond donors (Lipinski definition) is 2. The molecule has 1 heterocycles. The van der Waals surface area contributed by atoms with E-state index in [0.29, 0.717) is 12.2 Å². The molecule has 118 valence electrons. The van der Waals surface area contributed by atoms with Crippen molar-refractivity contribution in [1.82, 2.24) is 15.1 Å². The largest absolute Gasteiger partial charge is 0.451 e. The van der Waals surface area contributed by atoms with E-state index in [2.05, 4.69) is 10.4 Å². The molecule has 21 heavy (non-hydrogen) atoms. The number of anilines is 1. The molecule has 0 atom stereocenters. The molecule has 1 aromatic rings. The first kappa shape index (κ1) is 17.0. The molecule has 0 saturated heterocycles. The number of nitrogens with two attached hydrogens (primary N) is 1. The smallest absolute Gasteiger partial charge is 0.359 e. The van der Waals surface area contributed by atoms with Gasteiger partial charge in [-0.05, 0) is 34.1 Å². The number of hydrogen-bond acceptors (Lipinski definition) is 5. The Morgan fingerprint density at radius 2 is 2.00 bits per heavy atom. The maximum Gasteiger partial charge on any atom is 0.359 e. The molecule has 0 fully saturated rings. The van der Waals surface area contributed by atoms with Gasteiger partial charge in [-0.1, -0.05) is 6.92 Å². The molecule has 0 spiro atoms. The minimum Gasteiger partial charge on any atom is -0.451 e. The lowest BCUT2D eigenvalue weighted by atomic mass is 10.0. The predicted molar refractivity (Wildman–Crippen MR) is 79.8 cm³/mol. The number of rotatable bonds is 6. The third-order valence-corrected chi connectivity index (χ3v) is 3.36. The highest BCUT2D eigenvalue weighted by molar-refractivity contribution is 5.95. The fourth-order valence-corrected chi connectivity index (χ4v) is 1.74. The molecule has 0 aliphatic rings. The van der Waals surface area contributed by atoms with Gasteiger partial charge >= 0.3 is 5.97 Å². The standard InChI is InChI=1S/C14H24N4O3/c1-6-14(4,5)16-10(19)8-21-13(20)12-11(15)9(3)17-18(12)7-2/h6-8,15H2,1-5H3,(H,16,19). The first-order valence-corrected chi connectivity index (χ1v) is 7.02. The quantitative estimate of drug-likeness (QED) is 0.770. The van der Waals surface area contributed by atoms with Crippen LogP contribution in [0.15, 0.2) is 0 Å². The molecule has 0 aliphatic heterocycles. The highest BCUT2D eigenvalue weighted by Gasteiger charge is 2.23.